The summed E-state index contributed by atoms with van der Waals surface area (Å²) in [5.74, 6) is -0.341. The first-order valence-electron chi connectivity index (χ1n) is 10.3. The fourth-order valence-corrected chi connectivity index (χ4v) is 4.67. The number of benzene rings is 2. The van der Waals surface area contributed by atoms with Gasteiger partial charge in [0.1, 0.15) is 28.4 Å². The second-order valence-electron chi connectivity index (χ2n) is 7.58. The van der Waals surface area contributed by atoms with Crippen LogP contribution in [0, 0.1) is 0 Å². The van der Waals surface area contributed by atoms with Gasteiger partial charge in [0, 0.05) is 24.5 Å². The number of hydrogen-bond donors (Lipinski definition) is 2. The fraction of sp³-hybridized carbons (Fsp3) is 0.174. The van der Waals surface area contributed by atoms with E-state index >= 15 is 0 Å². The number of aromatic carboxylic acids is 1. The number of carboxylic acid groups (broad SMARTS) is 1. The molecule has 34 heavy (non-hydrogen) atoms. The van der Waals surface area contributed by atoms with Crippen LogP contribution in [0.5, 0.6) is 11.5 Å². The molecule has 0 unspecified atom stereocenters. The highest BCUT2D eigenvalue weighted by atomic mass is 32.2. The minimum absolute atomic E-state index is 0.0661. The summed E-state index contributed by atoms with van der Waals surface area (Å²) in [6.45, 7) is 1.91. The fourth-order valence-electron chi connectivity index (χ4n) is 3.71. The van der Waals surface area contributed by atoms with Crippen LogP contribution in [0.1, 0.15) is 17.4 Å². The minimum Gasteiger partial charge on any atom is -0.477 e. The molecule has 0 fully saturated rings. The zero-order valence-electron chi connectivity index (χ0n) is 18.6. The Morgan fingerprint density at radius 1 is 1.18 bits per heavy atom. The van der Waals surface area contributed by atoms with Crippen molar-refractivity contribution in [3.63, 3.8) is 0 Å². The van der Waals surface area contributed by atoms with Gasteiger partial charge in [-0.2, -0.15) is 5.10 Å². The van der Waals surface area contributed by atoms with Crippen LogP contribution in [0.4, 0.5) is 5.69 Å². The number of aromatic amines is 1. The van der Waals surface area contributed by atoms with Crippen LogP contribution >= 0.6 is 0 Å². The molecule has 176 valence electrons. The number of carbonyl (C=O) groups is 1. The zero-order chi connectivity index (χ0) is 24.6. The molecule has 0 aliphatic rings. The van der Waals surface area contributed by atoms with E-state index in [2.05, 4.69) is 10.1 Å². The lowest BCUT2D eigenvalue weighted by Crippen LogP contribution is -2.29. The first-order valence-corrected chi connectivity index (χ1v) is 12.1. The molecule has 0 spiro atoms. The van der Waals surface area contributed by atoms with Crippen molar-refractivity contribution < 1.29 is 23.1 Å². The number of H-pyrrole nitrogens is 1. The second-order valence-corrected chi connectivity index (χ2v) is 9.48. The Morgan fingerprint density at radius 2 is 1.88 bits per heavy atom. The van der Waals surface area contributed by atoms with Gasteiger partial charge in [-0.25, -0.2) is 17.9 Å². The monoisotopic (exact) mass is 482 g/mol. The van der Waals surface area contributed by atoms with Crippen molar-refractivity contribution in [2.45, 2.75) is 6.92 Å². The molecule has 0 atom stereocenters. The number of aromatic nitrogens is 3. The van der Waals surface area contributed by atoms with E-state index in [9.17, 15) is 23.1 Å². The van der Waals surface area contributed by atoms with E-state index in [1.807, 2.05) is 6.07 Å². The van der Waals surface area contributed by atoms with Crippen LogP contribution in [0.15, 0.2) is 59.4 Å². The molecule has 0 saturated carbocycles. The molecule has 0 amide bonds. The lowest BCUT2D eigenvalue weighted by Gasteiger charge is -2.22. The first-order chi connectivity index (χ1) is 16.1. The molecule has 4 aromatic rings. The highest BCUT2D eigenvalue weighted by molar-refractivity contribution is 7.92. The van der Waals surface area contributed by atoms with Crippen molar-refractivity contribution in [2.24, 2.45) is 7.05 Å². The van der Waals surface area contributed by atoms with Crippen molar-refractivity contribution in [2.75, 3.05) is 17.1 Å². The molecule has 11 heteroatoms. The van der Waals surface area contributed by atoms with Crippen LogP contribution < -0.4 is 14.6 Å². The van der Waals surface area contributed by atoms with Gasteiger partial charge in [-0.15, -0.1) is 0 Å². The van der Waals surface area contributed by atoms with Crippen molar-refractivity contribution in [1.82, 2.24) is 14.8 Å². The number of nitrogens with zero attached hydrogens (tertiary/aromatic N) is 3. The van der Waals surface area contributed by atoms with Gasteiger partial charge in [-0.05, 0) is 43.3 Å². The van der Waals surface area contributed by atoms with E-state index in [0.717, 1.165) is 10.9 Å². The van der Waals surface area contributed by atoms with Gasteiger partial charge >= 0.3 is 5.97 Å². The lowest BCUT2D eigenvalue weighted by atomic mass is 10.1. The summed E-state index contributed by atoms with van der Waals surface area (Å²) in [4.78, 5) is 26.8. The van der Waals surface area contributed by atoms with Gasteiger partial charge in [-0.1, -0.05) is 18.2 Å². The number of anilines is 1. The lowest BCUT2D eigenvalue weighted by molar-refractivity contribution is 0.0691. The predicted molar refractivity (Wildman–Crippen MR) is 128 cm³/mol. The van der Waals surface area contributed by atoms with E-state index < -0.39 is 21.6 Å². The molecule has 2 aromatic heterocycles. The number of rotatable bonds is 7. The minimum atomic E-state index is -3.57. The van der Waals surface area contributed by atoms with Crippen LogP contribution in [0.2, 0.25) is 0 Å². The third-order valence-electron chi connectivity index (χ3n) is 5.23. The van der Waals surface area contributed by atoms with Gasteiger partial charge in [0.05, 0.1) is 11.9 Å². The van der Waals surface area contributed by atoms with Crippen LogP contribution in [0.25, 0.3) is 22.2 Å². The topological polar surface area (TPSA) is 135 Å². The SMILES string of the molecule is CCN(c1ccc(Oc2ccccc2)c(-c2nn(C)c(=O)c3[nH]c(C(=O)O)cc23)c1)S(C)(=O)=O. The molecular formula is C23H22N4O6S. The van der Waals surface area contributed by atoms with Gasteiger partial charge in [0.15, 0.2) is 0 Å². The summed E-state index contributed by atoms with van der Waals surface area (Å²) in [5.41, 5.74) is 0.418. The van der Waals surface area contributed by atoms with E-state index in [1.54, 1.807) is 49.4 Å². The van der Waals surface area contributed by atoms with E-state index in [4.69, 9.17) is 4.74 Å². The number of aryl methyl sites for hydroxylation is 1. The Morgan fingerprint density at radius 3 is 2.50 bits per heavy atom. The van der Waals surface area contributed by atoms with Crippen LogP contribution in [0.3, 0.4) is 0 Å². The van der Waals surface area contributed by atoms with Crippen molar-refractivity contribution in [1.29, 1.82) is 0 Å². The van der Waals surface area contributed by atoms with E-state index in [-0.39, 0.29) is 28.8 Å². The number of para-hydroxylation sites is 1. The number of sulfonamides is 1. The highest BCUT2D eigenvalue weighted by Crippen LogP contribution is 2.38. The number of fused-ring (bicyclic) bond motifs is 1. The zero-order valence-corrected chi connectivity index (χ0v) is 19.5. The Balaban J connectivity index is 2.02. The second kappa shape index (κ2) is 8.67. The molecule has 4 rings (SSSR count). The molecule has 0 bridgehead atoms. The molecule has 0 radical (unpaired) electrons. The Bertz CT molecular complexity index is 1560. The van der Waals surface area contributed by atoms with Gasteiger partial charge in [0.2, 0.25) is 10.0 Å². The standard InChI is InChI=1S/C23H22N4O6S/c1-4-27(34(3,31)32)14-10-11-19(33-15-8-6-5-7-9-15)16(12-14)20-17-13-18(23(29)30)24-21(17)22(28)26(2)25-20/h5-13,24H,4H2,1-3H3,(H,29,30). The van der Waals surface area contributed by atoms with Crippen molar-refractivity contribution in [3.05, 3.63) is 70.6 Å². The van der Waals surface area contributed by atoms with Crippen molar-refractivity contribution in [3.8, 4) is 22.8 Å². The van der Waals surface area contributed by atoms with E-state index in [0.29, 0.717) is 22.7 Å². The van der Waals surface area contributed by atoms with Gasteiger partial charge in [0.25, 0.3) is 5.56 Å². The molecule has 2 heterocycles. The molecule has 10 nitrogen and oxygen atoms in total. The normalized spacial score (nSPS) is 11.5. The maximum absolute atomic E-state index is 12.6. The Labute approximate surface area is 195 Å². The third kappa shape index (κ3) is 4.25. The summed E-state index contributed by atoms with van der Waals surface area (Å²) in [7, 11) is -2.12. The quantitative estimate of drug-likeness (QED) is 0.413. The maximum Gasteiger partial charge on any atom is 0.352 e. The van der Waals surface area contributed by atoms with Crippen LogP contribution in [-0.4, -0.2) is 47.1 Å². The molecule has 2 N–H and O–H groups in total. The Hall–Kier alpha value is -4.12. The van der Waals surface area contributed by atoms with E-state index in [1.165, 1.54) is 17.4 Å². The number of carboxylic acids is 1. The highest BCUT2D eigenvalue weighted by Gasteiger charge is 2.22. The average Bonchev–Trinajstić information content (AvgIpc) is 3.24. The third-order valence-corrected chi connectivity index (χ3v) is 6.50. The summed E-state index contributed by atoms with van der Waals surface area (Å²) in [6, 6.07) is 15.1. The van der Waals surface area contributed by atoms with Crippen molar-refractivity contribution >= 4 is 32.6 Å². The van der Waals surface area contributed by atoms with Gasteiger partial charge < -0.3 is 14.8 Å². The van der Waals surface area contributed by atoms with Crippen LogP contribution in [-0.2, 0) is 17.1 Å². The molecule has 2 aromatic carbocycles. The smallest absolute Gasteiger partial charge is 0.352 e. The summed E-state index contributed by atoms with van der Waals surface area (Å²) >= 11 is 0. The molecular weight excluding hydrogens is 460 g/mol. The number of hydrogen-bond acceptors (Lipinski definition) is 6. The summed E-state index contributed by atoms with van der Waals surface area (Å²) < 4.78 is 33.1. The van der Waals surface area contributed by atoms with Gasteiger partial charge in [-0.3, -0.25) is 9.10 Å². The number of nitrogens with one attached hydrogen (secondary N) is 1. The molecule has 0 aliphatic carbocycles. The molecule has 0 aliphatic heterocycles. The first kappa shape index (κ1) is 23.1. The predicted octanol–water partition coefficient (Wildman–Crippen LogP) is 3.21. The largest absolute Gasteiger partial charge is 0.477 e. The molecule has 0 saturated heterocycles. The number of ether oxygens (including phenoxy) is 1. The maximum atomic E-state index is 12.6. The summed E-state index contributed by atoms with van der Waals surface area (Å²) in [6.07, 6.45) is 1.11. The summed E-state index contributed by atoms with van der Waals surface area (Å²) in [5, 5.41) is 14.1. The average molecular weight is 483 g/mol. The Kier molecular flexibility index (Phi) is 5.88.